The predicted molar refractivity (Wildman–Crippen MR) is 86.8 cm³/mol. The van der Waals surface area contributed by atoms with E-state index in [1.54, 1.807) is 0 Å². The Hall–Kier alpha value is -2.20. The van der Waals surface area contributed by atoms with Crippen LogP contribution < -0.4 is 0 Å². The van der Waals surface area contributed by atoms with E-state index in [0.717, 1.165) is 5.56 Å². The lowest BCUT2D eigenvalue weighted by molar-refractivity contribution is 0.571. The standard InChI is InChI=1S/C19H19N/c1-19(2,3)12-11-14-9-10-16-15-7-5-6-8-17(15)20(4)18(16)13-14/h5-10,13H,1-4H3. The molecule has 0 aliphatic carbocycles. The number of fused-ring (bicyclic) bond motifs is 3. The maximum Gasteiger partial charge on any atom is 0.0501 e. The Balaban J connectivity index is 2.23. The molecule has 0 radical (unpaired) electrons. The molecule has 3 aromatic rings. The third-order valence-corrected chi connectivity index (χ3v) is 3.50. The summed E-state index contributed by atoms with van der Waals surface area (Å²) in [5.41, 5.74) is 3.63. The maximum atomic E-state index is 3.30. The minimum absolute atomic E-state index is 0.0356. The fourth-order valence-electron chi connectivity index (χ4n) is 2.50. The number of nitrogens with zero attached hydrogens (tertiary/aromatic N) is 1. The number of aromatic nitrogens is 1. The van der Waals surface area contributed by atoms with E-state index in [9.17, 15) is 0 Å². The van der Waals surface area contributed by atoms with Crippen molar-refractivity contribution in [1.82, 2.24) is 4.57 Å². The zero-order valence-electron chi connectivity index (χ0n) is 12.5. The predicted octanol–water partition coefficient (Wildman–Crippen LogP) is 4.73. The van der Waals surface area contributed by atoms with Gasteiger partial charge in [-0.25, -0.2) is 0 Å². The second kappa shape index (κ2) is 4.42. The average Bonchev–Trinajstić information content (AvgIpc) is 2.70. The van der Waals surface area contributed by atoms with Crippen LogP contribution in [0.1, 0.15) is 26.3 Å². The van der Waals surface area contributed by atoms with Gasteiger partial charge in [0.05, 0.1) is 5.52 Å². The minimum atomic E-state index is 0.0356. The van der Waals surface area contributed by atoms with Crippen LogP contribution in [0, 0.1) is 17.3 Å². The van der Waals surface area contributed by atoms with Crippen LogP contribution in [0.3, 0.4) is 0 Å². The molecule has 100 valence electrons. The molecule has 0 saturated heterocycles. The lowest BCUT2D eigenvalue weighted by Gasteiger charge is -2.06. The molecule has 0 aliphatic heterocycles. The molecule has 3 rings (SSSR count). The largest absolute Gasteiger partial charge is 0.344 e. The summed E-state index contributed by atoms with van der Waals surface area (Å²) < 4.78 is 2.24. The number of benzene rings is 2. The number of hydrogen-bond acceptors (Lipinski definition) is 0. The van der Waals surface area contributed by atoms with E-state index in [0.29, 0.717) is 0 Å². The molecular weight excluding hydrogens is 242 g/mol. The third kappa shape index (κ3) is 2.18. The van der Waals surface area contributed by atoms with Gasteiger partial charge in [0.25, 0.3) is 0 Å². The highest BCUT2D eigenvalue weighted by atomic mass is 14.9. The van der Waals surface area contributed by atoms with Gasteiger partial charge in [-0.3, -0.25) is 0 Å². The molecule has 0 amide bonds. The van der Waals surface area contributed by atoms with Crippen LogP contribution in [-0.2, 0) is 7.05 Å². The topological polar surface area (TPSA) is 4.93 Å². The molecule has 1 heterocycles. The van der Waals surface area contributed by atoms with E-state index in [1.165, 1.54) is 21.8 Å². The van der Waals surface area contributed by atoms with E-state index in [4.69, 9.17) is 0 Å². The molecule has 0 unspecified atom stereocenters. The molecule has 0 fully saturated rings. The third-order valence-electron chi connectivity index (χ3n) is 3.50. The van der Waals surface area contributed by atoms with Crippen molar-refractivity contribution >= 4 is 21.8 Å². The van der Waals surface area contributed by atoms with Gasteiger partial charge in [0.1, 0.15) is 0 Å². The molecule has 0 bridgehead atoms. The summed E-state index contributed by atoms with van der Waals surface area (Å²) in [7, 11) is 2.12. The molecular formula is C19H19N. The first-order valence-electron chi connectivity index (χ1n) is 6.96. The number of hydrogen-bond donors (Lipinski definition) is 0. The molecule has 20 heavy (non-hydrogen) atoms. The highest BCUT2D eigenvalue weighted by Gasteiger charge is 2.08. The number of rotatable bonds is 0. The highest BCUT2D eigenvalue weighted by molar-refractivity contribution is 6.08. The summed E-state index contributed by atoms with van der Waals surface area (Å²) in [6.07, 6.45) is 0. The molecule has 1 aromatic heterocycles. The number of aryl methyl sites for hydroxylation is 1. The van der Waals surface area contributed by atoms with E-state index in [2.05, 4.69) is 86.7 Å². The van der Waals surface area contributed by atoms with Gasteiger partial charge in [-0.2, -0.15) is 0 Å². The first-order valence-corrected chi connectivity index (χ1v) is 6.96. The monoisotopic (exact) mass is 261 g/mol. The van der Waals surface area contributed by atoms with Gasteiger partial charge in [-0.05, 0) is 39.0 Å². The van der Waals surface area contributed by atoms with Crippen molar-refractivity contribution < 1.29 is 0 Å². The summed E-state index contributed by atoms with van der Waals surface area (Å²) in [6, 6.07) is 15.0. The molecule has 2 aromatic carbocycles. The van der Waals surface area contributed by atoms with Crippen LogP contribution in [0.25, 0.3) is 21.8 Å². The van der Waals surface area contributed by atoms with Crippen LogP contribution >= 0.6 is 0 Å². The summed E-state index contributed by atoms with van der Waals surface area (Å²) in [5, 5.41) is 2.60. The molecule has 0 N–H and O–H groups in total. The van der Waals surface area contributed by atoms with Crippen molar-refractivity contribution in [3.63, 3.8) is 0 Å². The summed E-state index contributed by atoms with van der Waals surface area (Å²) in [4.78, 5) is 0. The zero-order valence-corrected chi connectivity index (χ0v) is 12.5. The Labute approximate surface area is 120 Å². The minimum Gasteiger partial charge on any atom is -0.344 e. The fraction of sp³-hybridized carbons (Fsp3) is 0.263. The van der Waals surface area contributed by atoms with Crippen molar-refractivity contribution in [2.24, 2.45) is 12.5 Å². The Kier molecular flexibility index (Phi) is 2.83. The fourth-order valence-corrected chi connectivity index (χ4v) is 2.50. The van der Waals surface area contributed by atoms with Crippen LogP contribution in [-0.4, -0.2) is 4.57 Å². The molecule has 1 heteroatoms. The Morgan fingerprint density at radius 2 is 1.60 bits per heavy atom. The van der Waals surface area contributed by atoms with Gasteiger partial charge in [0, 0.05) is 34.3 Å². The average molecular weight is 261 g/mol. The first-order chi connectivity index (χ1) is 9.46. The van der Waals surface area contributed by atoms with E-state index >= 15 is 0 Å². The van der Waals surface area contributed by atoms with Gasteiger partial charge >= 0.3 is 0 Å². The second-order valence-corrected chi connectivity index (χ2v) is 6.31. The Morgan fingerprint density at radius 3 is 2.35 bits per heavy atom. The zero-order chi connectivity index (χ0) is 14.3. The van der Waals surface area contributed by atoms with E-state index in [-0.39, 0.29) is 5.41 Å². The second-order valence-electron chi connectivity index (χ2n) is 6.31. The quantitative estimate of drug-likeness (QED) is 0.516. The van der Waals surface area contributed by atoms with Gasteiger partial charge in [-0.1, -0.05) is 36.1 Å². The van der Waals surface area contributed by atoms with Crippen LogP contribution in [0.4, 0.5) is 0 Å². The van der Waals surface area contributed by atoms with Gasteiger partial charge < -0.3 is 4.57 Å². The van der Waals surface area contributed by atoms with Crippen molar-refractivity contribution in [2.75, 3.05) is 0 Å². The SMILES string of the molecule is Cn1c2ccccc2c2ccc(C#CC(C)(C)C)cc21. The van der Waals surface area contributed by atoms with Crippen LogP contribution in [0.5, 0.6) is 0 Å². The lowest BCUT2D eigenvalue weighted by atomic mass is 9.97. The summed E-state index contributed by atoms with van der Waals surface area (Å²) in [6.45, 7) is 6.40. The normalized spacial score (nSPS) is 11.6. The van der Waals surface area contributed by atoms with Crippen molar-refractivity contribution in [1.29, 1.82) is 0 Å². The van der Waals surface area contributed by atoms with E-state index in [1.807, 2.05) is 0 Å². The summed E-state index contributed by atoms with van der Waals surface area (Å²) in [5.74, 6) is 6.58. The molecule has 0 saturated carbocycles. The Bertz CT molecular complexity index is 848. The molecule has 0 spiro atoms. The van der Waals surface area contributed by atoms with Gasteiger partial charge in [0.15, 0.2) is 0 Å². The molecule has 0 atom stereocenters. The van der Waals surface area contributed by atoms with Crippen molar-refractivity contribution in [2.45, 2.75) is 20.8 Å². The van der Waals surface area contributed by atoms with Crippen LogP contribution in [0.15, 0.2) is 42.5 Å². The smallest absolute Gasteiger partial charge is 0.0501 e. The van der Waals surface area contributed by atoms with E-state index < -0.39 is 0 Å². The number of para-hydroxylation sites is 1. The molecule has 0 aliphatic rings. The summed E-state index contributed by atoms with van der Waals surface area (Å²) >= 11 is 0. The van der Waals surface area contributed by atoms with Crippen LogP contribution in [0.2, 0.25) is 0 Å². The maximum absolute atomic E-state index is 3.30. The highest BCUT2D eigenvalue weighted by Crippen LogP contribution is 2.28. The Morgan fingerprint density at radius 1 is 0.900 bits per heavy atom. The lowest BCUT2D eigenvalue weighted by Crippen LogP contribution is -1.99. The van der Waals surface area contributed by atoms with Gasteiger partial charge in [0.2, 0.25) is 0 Å². The molecule has 1 nitrogen and oxygen atoms in total. The van der Waals surface area contributed by atoms with Crippen molar-refractivity contribution in [3.05, 3.63) is 48.0 Å². The van der Waals surface area contributed by atoms with Crippen molar-refractivity contribution in [3.8, 4) is 11.8 Å². The first kappa shape index (κ1) is 12.8. The van der Waals surface area contributed by atoms with Gasteiger partial charge in [-0.15, -0.1) is 0 Å².